The number of rotatable bonds is 3. The Morgan fingerprint density at radius 2 is 1.86 bits per heavy atom. The minimum Gasteiger partial charge on any atom is -0.295 e. The zero-order valence-corrected chi connectivity index (χ0v) is 15.6. The summed E-state index contributed by atoms with van der Waals surface area (Å²) in [6, 6.07) is 6.19. The van der Waals surface area contributed by atoms with Crippen molar-refractivity contribution < 1.29 is 21.6 Å². The van der Waals surface area contributed by atoms with Gasteiger partial charge in [0.2, 0.25) is 15.0 Å². The van der Waals surface area contributed by atoms with Gasteiger partial charge in [-0.1, -0.05) is 12.1 Å². The molecular formula is C18H12F3N5O2S. The maximum Gasteiger partial charge on any atom is 0.416 e. The molecule has 3 aromatic heterocycles. The second-order valence-corrected chi connectivity index (χ2v) is 8.10. The number of hydrogen-bond donors (Lipinski definition) is 0. The van der Waals surface area contributed by atoms with Crippen LogP contribution in [0.25, 0.3) is 28.3 Å². The number of sulfone groups is 1. The van der Waals surface area contributed by atoms with Gasteiger partial charge >= 0.3 is 6.18 Å². The highest BCUT2D eigenvalue weighted by molar-refractivity contribution is 7.90. The van der Waals surface area contributed by atoms with Crippen LogP contribution in [0.2, 0.25) is 0 Å². The maximum atomic E-state index is 13.2. The molecule has 0 amide bonds. The summed E-state index contributed by atoms with van der Waals surface area (Å²) < 4.78 is 64.8. The van der Waals surface area contributed by atoms with Crippen LogP contribution in [0, 0.1) is 0 Å². The molecule has 1 aromatic carbocycles. The summed E-state index contributed by atoms with van der Waals surface area (Å²) in [7, 11) is -3.69. The summed E-state index contributed by atoms with van der Waals surface area (Å²) in [6.45, 7) is 0. The predicted molar refractivity (Wildman–Crippen MR) is 97.6 cm³/mol. The van der Waals surface area contributed by atoms with Gasteiger partial charge in [-0.15, -0.1) is 0 Å². The maximum absolute atomic E-state index is 13.2. The summed E-state index contributed by atoms with van der Waals surface area (Å²) in [5, 5.41) is -0.394. The Morgan fingerprint density at radius 3 is 2.59 bits per heavy atom. The van der Waals surface area contributed by atoms with Crippen molar-refractivity contribution in [3.05, 3.63) is 60.7 Å². The zero-order valence-electron chi connectivity index (χ0n) is 14.8. The van der Waals surface area contributed by atoms with Crippen LogP contribution >= 0.6 is 0 Å². The number of benzene rings is 1. The fraction of sp³-hybridized carbons (Fsp3) is 0.111. The largest absolute Gasteiger partial charge is 0.416 e. The average molecular weight is 419 g/mol. The van der Waals surface area contributed by atoms with Gasteiger partial charge in [0.05, 0.1) is 28.8 Å². The summed E-state index contributed by atoms with van der Waals surface area (Å²) in [5.41, 5.74) is 0.492. The molecule has 7 nitrogen and oxygen atoms in total. The van der Waals surface area contributed by atoms with E-state index in [1.165, 1.54) is 36.8 Å². The van der Waals surface area contributed by atoms with Crippen molar-refractivity contribution in [2.45, 2.75) is 11.3 Å². The molecule has 0 fully saturated rings. The van der Waals surface area contributed by atoms with Crippen molar-refractivity contribution in [3.63, 3.8) is 0 Å². The van der Waals surface area contributed by atoms with Gasteiger partial charge in [0, 0.05) is 30.4 Å². The summed E-state index contributed by atoms with van der Waals surface area (Å²) >= 11 is 0. The molecular weight excluding hydrogens is 407 g/mol. The number of hydrogen-bond acceptors (Lipinski definition) is 6. The lowest BCUT2D eigenvalue weighted by molar-refractivity contribution is -0.137. The Bertz CT molecular complexity index is 1330. The Kier molecular flexibility index (Phi) is 4.34. The molecule has 0 atom stereocenters. The van der Waals surface area contributed by atoms with Crippen LogP contribution in [-0.2, 0) is 16.0 Å². The van der Waals surface area contributed by atoms with Crippen LogP contribution < -0.4 is 0 Å². The molecule has 0 aliphatic rings. The third-order valence-corrected chi connectivity index (χ3v) is 4.96. The Morgan fingerprint density at radius 1 is 1.07 bits per heavy atom. The highest BCUT2D eigenvalue weighted by Gasteiger charge is 2.31. The quantitative estimate of drug-likeness (QED) is 0.474. The van der Waals surface area contributed by atoms with Gasteiger partial charge in [0.25, 0.3) is 0 Å². The van der Waals surface area contributed by atoms with E-state index in [0.29, 0.717) is 11.3 Å². The van der Waals surface area contributed by atoms with Gasteiger partial charge in [-0.2, -0.15) is 13.2 Å². The lowest BCUT2D eigenvalue weighted by Gasteiger charge is -2.09. The molecule has 0 N–H and O–H groups in total. The lowest BCUT2D eigenvalue weighted by atomic mass is 10.1. The van der Waals surface area contributed by atoms with Gasteiger partial charge in [-0.05, 0) is 18.2 Å². The first-order valence-corrected chi connectivity index (χ1v) is 10.1. The van der Waals surface area contributed by atoms with E-state index in [1.807, 2.05) is 0 Å². The van der Waals surface area contributed by atoms with Crippen LogP contribution in [0.5, 0.6) is 0 Å². The average Bonchev–Trinajstić information content (AvgIpc) is 3.06. The Balaban J connectivity index is 2.01. The van der Waals surface area contributed by atoms with Gasteiger partial charge < -0.3 is 0 Å². The summed E-state index contributed by atoms with van der Waals surface area (Å²) in [5.74, 6) is 0. The van der Waals surface area contributed by atoms with Crippen LogP contribution in [0.3, 0.4) is 0 Å². The number of halogens is 3. The first kappa shape index (κ1) is 19.0. The topological polar surface area (TPSA) is 90.1 Å². The van der Waals surface area contributed by atoms with Crippen molar-refractivity contribution in [2.24, 2.45) is 0 Å². The molecule has 4 rings (SSSR count). The number of alkyl halides is 3. The molecule has 0 spiro atoms. The second kappa shape index (κ2) is 6.62. The molecule has 11 heteroatoms. The number of imidazole rings is 1. The summed E-state index contributed by atoms with van der Waals surface area (Å²) in [6.07, 6.45) is 2.21. The number of nitrogens with zero attached hydrogens (tertiary/aromatic N) is 5. The molecule has 4 aromatic rings. The fourth-order valence-electron chi connectivity index (χ4n) is 2.85. The van der Waals surface area contributed by atoms with Crippen LogP contribution in [-0.4, -0.2) is 39.0 Å². The van der Waals surface area contributed by atoms with E-state index in [4.69, 9.17) is 0 Å². The fourth-order valence-corrected chi connectivity index (χ4v) is 3.36. The molecule has 0 saturated heterocycles. The molecule has 0 aliphatic heterocycles. The highest BCUT2D eigenvalue weighted by Crippen LogP contribution is 2.35. The second-order valence-electron chi connectivity index (χ2n) is 6.19. The number of aromatic nitrogens is 5. The standard InChI is InChI=1S/C18H12F3N5O2S/c1-29(27,28)17-23-6-5-13(24-17)16-15(25-14-10-22-7-8-26(14)16)11-3-2-4-12(9-11)18(19,20)21/h2-10H,1H3. The van der Waals surface area contributed by atoms with Crippen molar-refractivity contribution >= 4 is 15.5 Å². The van der Waals surface area contributed by atoms with Gasteiger partial charge in [-0.25, -0.2) is 23.4 Å². The third-order valence-electron chi connectivity index (χ3n) is 4.10. The molecule has 0 bridgehead atoms. The van der Waals surface area contributed by atoms with Crippen molar-refractivity contribution in [3.8, 4) is 22.6 Å². The van der Waals surface area contributed by atoms with E-state index in [2.05, 4.69) is 19.9 Å². The van der Waals surface area contributed by atoms with Crippen molar-refractivity contribution in [1.82, 2.24) is 24.3 Å². The normalized spacial score (nSPS) is 12.4. The molecule has 29 heavy (non-hydrogen) atoms. The highest BCUT2D eigenvalue weighted by atomic mass is 32.2. The zero-order chi connectivity index (χ0) is 20.8. The summed E-state index contributed by atoms with van der Waals surface area (Å²) in [4.78, 5) is 16.2. The number of fused-ring (bicyclic) bond motifs is 1. The lowest BCUT2D eigenvalue weighted by Crippen LogP contribution is -2.06. The van der Waals surface area contributed by atoms with Crippen molar-refractivity contribution in [2.75, 3.05) is 6.26 Å². The Hall–Kier alpha value is -3.34. The molecule has 0 aliphatic carbocycles. The molecule has 0 unspecified atom stereocenters. The van der Waals surface area contributed by atoms with E-state index in [-0.39, 0.29) is 17.0 Å². The van der Waals surface area contributed by atoms with E-state index in [1.54, 1.807) is 10.6 Å². The SMILES string of the molecule is CS(=O)(=O)c1nccc(-c2c(-c3cccc(C(F)(F)F)c3)nc3cnccn23)n1. The van der Waals surface area contributed by atoms with E-state index < -0.39 is 26.7 Å². The van der Waals surface area contributed by atoms with Gasteiger partial charge in [0.1, 0.15) is 0 Å². The van der Waals surface area contributed by atoms with E-state index >= 15 is 0 Å². The van der Waals surface area contributed by atoms with E-state index in [9.17, 15) is 21.6 Å². The monoisotopic (exact) mass is 419 g/mol. The predicted octanol–water partition coefficient (Wildman–Crippen LogP) is 3.28. The first-order chi connectivity index (χ1) is 13.6. The minimum absolute atomic E-state index is 0.200. The van der Waals surface area contributed by atoms with Gasteiger partial charge in [0.15, 0.2) is 5.65 Å². The Labute approximate surface area is 162 Å². The molecule has 0 radical (unpaired) electrons. The van der Waals surface area contributed by atoms with Crippen LogP contribution in [0.1, 0.15) is 5.56 Å². The smallest absolute Gasteiger partial charge is 0.295 e. The molecule has 3 heterocycles. The third kappa shape index (κ3) is 3.56. The van der Waals surface area contributed by atoms with Crippen LogP contribution in [0.4, 0.5) is 13.2 Å². The van der Waals surface area contributed by atoms with Gasteiger partial charge in [-0.3, -0.25) is 9.38 Å². The molecule has 0 saturated carbocycles. The minimum atomic E-state index is -4.52. The van der Waals surface area contributed by atoms with E-state index in [0.717, 1.165) is 18.4 Å². The molecule has 148 valence electrons. The first-order valence-electron chi connectivity index (χ1n) is 8.18. The van der Waals surface area contributed by atoms with Crippen LogP contribution in [0.15, 0.2) is 60.3 Å². The van der Waals surface area contributed by atoms with Crippen molar-refractivity contribution in [1.29, 1.82) is 0 Å².